The van der Waals surface area contributed by atoms with E-state index in [1.54, 1.807) is 0 Å². The van der Waals surface area contributed by atoms with Crippen molar-refractivity contribution in [2.45, 2.75) is 46.0 Å². The molecule has 0 saturated carbocycles. The SMILES string of the molecule is CCCCCCC#CCN(C)c1ccc(C)cc1. The second-order valence-corrected chi connectivity index (χ2v) is 4.86. The van der Waals surface area contributed by atoms with Gasteiger partial charge in [0.05, 0.1) is 6.54 Å². The molecule has 0 aliphatic heterocycles. The average Bonchev–Trinajstić information content (AvgIpc) is 2.38. The highest BCUT2D eigenvalue weighted by atomic mass is 15.1. The van der Waals surface area contributed by atoms with Gasteiger partial charge in [0.1, 0.15) is 0 Å². The fraction of sp³-hybridized carbons (Fsp3) is 0.529. The highest BCUT2D eigenvalue weighted by Gasteiger charge is 1.96. The Morgan fingerprint density at radius 2 is 1.72 bits per heavy atom. The molecule has 0 aliphatic carbocycles. The molecule has 0 heterocycles. The van der Waals surface area contributed by atoms with Gasteiger partial charge in [-0.2, -0.15) is 0 Å². The Labute approximate surface area is 112 Å². The standard InChI is InChI=1S/C17H25N/c1-4-5-6-7-8-9-10-15-18(3)17-13-11-16(2)12-14-17/h11-14H,4-8,15H2,1-3H3. The molecule has 0 fully saturated rings. The van der Waals surface area contributed by atoms with E-state index in [2.05, 4.69) is 61.9 Å². The summed E-state index contributed by atoms with van der Waals surface area (Å²) < 4.78 is 0. The largest absolute Gasteiger partial charge is 0.363 e. The number of unbranched alkanes of at least 4 members (excludes halogenated alkanes) is 4. The van der Waals surface area contributed by atoms with Gasteiger partial charge in [-0.1, -0.05) is 49.8 Å². The van der Waals surface area contributed by atoms with E-state index in [-0.39, 0.29) is 0 Å². The van der Waals surface area contributed by atoms with E-state index in [1.165, 1.54) is 36.9 Å². The lowest BCUT2D eigenvalue weighted by molar-refractivity contribution is 0.679. The number of hydrogen-bond donors (Lipinski definition) is 0. The summed E-state index contributed by atoms with van der Waals surface area (Å²) in [5.41, 5.74) is 2.54. The fourth-order valence-corrected chi connectivity index (χ4v) is 1.79. The fourth-order valence-electron chi connectivity index (χ4n) is 1.79. The van der Waals surface area contributed by atoms with Crippen molar-refractivity contribution in [1.82, 2.24) is 0 Å². The monoisotopic (exact) mass is 243 g/mol. The molecule has 0 aliphatic rings. The smallest absolute Gasteiger partial charge is 0.0791 e. The summed E-state index contributed by atoms with van der Waals surface area (Å²) in [6.07, 6.45) is 6.24. The summed E-state index contributed by atoms with van der Waals surface area (Å²) in [6.45, 7) is 5.17. The van der Waals surface area contributed by atoms with E-state index < -0.39 is 0 Å². The third-order valence-corrected chi connectivity index (χ3v) is 3.07. The number of nitrogens with zero attached hydrogens (tertiary/aromatic N) is 1. The summed E-state index contributed by atoms with van der Waals surface area (Å²) in [7, 11) is 2.09. The van der Waals surface area contributed by atoms with Crippen molar-refractivity contribution in [2.24, 2.45) is 0 Å². The molecule has 0 radical (unpaired) electrons. The minimum Gasteiger partial charge on any atom is -0.363 e. The van der Waals surface area contributed by atoms with Gasteiger partial charge in [-0.25, -0.2) is 0 Å². The molecular weight excluding hydrogens is 218 g/mol. The first-order chi connectivity index (χ1) is 8.74. The molecule has 0 spiro atoms. The molecule has 1 rings (SSSR count). The summed E-state index contributed by atoms with van der Waals surface area (Å²) in [5, 5.41) is 0. The molecule has 0 aromatic heterocycles. The summed E-state index contributed by atoms with van der Waals surface area (Å²) in [5.74, 6) is 6.52. The molecule has 1 nitrogen and oxygen atoms in total. The Hall–Kier alpha value is -1.42. The van der Waals surface area contributed by atoms with Crippen LogP contribution in [0.2, 0.25) is 0 Å². The Morgan fingerprint density at radius 1 is 1.00 bits per heavy atom. The van der Waals surface area contributed by atoms with Crippen LogP contribution in [0.5, 0.6) is 0 Å². The molecule has 0 N–H and O–H groups in total. The minimum atomic E-state index is 0.816. The van der Waals surface area contributed by atoms with Gasteiger partial charge in [-0.15, -0.1) is 5.92 Å². The number of aryl methyl sites for hydroxylation is 1. The zero-order valence-corrected chi connectivity index (χ0v) is 12.0. The second-order valence-electron chi connectivity index (χ2n) is 4.86. The van der Waals surface area contributed by atoms with Crippen molar-refractivity contribution in [3.8, 4) is 11.8 Å². The van der Waals surface area contributed by atoms with Crippen LogP contribution in [0.3, 0.4) is 0 Å². The zero-order chi connectivity index (χ0) is 13.2. The van der Waals surface area contributed by atoms with Crippen LogP contribution in [0.15, 0.2) is 24.3 Å². The van der Waals surface area contributed by atoms with E-state index >= 15 is 0 Å². The maximum Gasteiger partial charge on any atom is 0.0791 e. The highest BCUT2D eigenvalue weighted by molar-refractivity contribution is 5.47. The van der Waals surface area contributed by atoms with E-state index in [4.69, 9.17) is 0 Å². The van der Waals surface area contributed by atoms with Crippen molar-refractivity contribution >= 4 is 5.69 Å². The number of benzene rings is 1. The zero-order valence-electron chi connectivity index (χ0n) is 12.0. The molecule has 0 amide bonds. The van der Waals surface area contributed by atoms with Crippen LogP contribution in [-0.4, -0.2) is 13.6 Å². The molecule has 0 atom stereocenters. The third-order valence-electron chi connectivity index (χ3n) is 3.07. The molecule has 1 aromatic carbocycles. The van der Waals surface area contributed by atoms with Crippen LogP contribution in [-0.2, 0) is 0 Å². The predicted octanol–water partition coefficient (Wildman–Crippen LogP) is 4.41. The molecule has 18 heavy (non-hydrogen) atoms. The Bertz CT molecular complexity index is 380. The number of rotatable bonds is 6. The van der Waals surface area contributed by atoms with E-state index in [0.29, 0.717) is 0 Å². The third kappa shape index (κ3) is 5.77. The molecule has 0 bridgehead atoms. The first-order valence-electron chi connectivity index (χ1n) is 6.97. The maximum atomic E-state index is 3.26. The van der Waals surface area contributed by atoms with Gasteiger partial charge < -0.3 is 4.90 Å². The molecular formula is C17H25N. The minimum absolute atomic E-state index is 0.816. The molecule has 0 saturated heterocycles. The van der Waals surface area contributed by atoms with Crippen molar-refractivity contribution in [3.05, 3.63) is 29.8 Å². The van der Waals surface area contributed by atoms with Gasteiger partial charge in [0.25, 0.3) is 0 Å². The lowest BCUT2D eigenvalue weighted by atomic mass is 10.1. The molecule has 0 unspecified atom stereocenters. The maximum absolute atomic E-state index is 3.26. The summed E-state index contributed by atoms with van der Waals surface area (Å²) in [6, 6.07) is 8.59. The van der Waals surface area contributed by atoms with Gasteiger partial charge in [0.15, 0.2) is 0 Å². The second kappa shape index (κ2) is 8.64. The quantitative estimate of drug-likeness (QED) is 0.528. The Kier molecular flexibility index (Phi) is 7.03. The topological polar surface area (TPSA) is 3.24 Å². The van der Waals surface area contributed by atoms with Crippen LogP contribution in [0.25, 0.3) is 0 Å². The van der Waals surface area contributed by atoms with Crippen LogP contribution >= 0.6 is 0 Å². The van der Waals surface area contributed by atoms with Gasteiger partial charge in [0, 0.05) is 19.2 Å². The number of hydrogen-bond acceptors (Lipinski definition) is 1. The number of anilines is 1. The van der Waals surface area contributed by atoms with Crippen molar-refractivity contribution in [3.63, 3.8) is 0 Å². The van der Waals surface area contributed by atoms with Crippen LogP contribution in [0.4, 0.5) is 5.69 Å². The first-order valence-corrected chi connectivity index (χ1v) is 6.97. The molecule has 98 valence electrons. The van der Waals surface area contributed by atoms with Crippen molar-refractivity contribution in [1.29, 1.82) is 0 Å². The van der Waals surface area contributed by atoms with Crippen molar-refractivity contribution in [2.75, 3.05) is 18.5 Å². The van der Waals surface area contributed by atoms with Crippen LogP contribution in [0.1, 0.15) is 44.6 Å². The van der Waals surface area contributed by atoms with Crippen molar-refractivity contribution < 1.29 is 0 Å². The van der Waals surface area contributed by atoms with Gasteiger partial charge in [0.2, 0.25) is 0 Å². The van der Waals surface area contributed by atoms with E-state index in [9.17, 15) is 0 Å². The summed E-state index contributed by atoms with van der Waals surface area (Å²) in [4.78, 5) is 2.19. The van der Waals surface area contributed by atoms with Gasteiger partial charge in [-0.05, 0) is 25.5 Å². The van der Waals surface area contributed by atoms with Gasteiger partial charge in [-0.3, -0.25) is 0 Å². The highest BCUT2D eigenvalue weighted by Crippen LogP contribution is 2.12. The normalized spacial score (nSPS) is 9.72. The molecule has 1 aromatic rings. The predicted molar refractivity (Wildman–Crippen MR) is 81.0 cm³/mol. The molecule has 1 heteroatoms. The lowest BCUT2D eigenvalue weighted by Crippen LogP contribution is -2.16. The van der Waals surface area contributed by atoms with Crippen LogP contribution < -0.4 is 4.90 Å². The van der Waals surface area contributed by atoms with E-state index in [1.807, 2.05) is 0 Å². The first kappa shape index (κ1) is 14.6. The van der Waals surface area contributed by atoms with Gasteiger partial charge >= 0.3 is 0 Å². The Balaban J connectivity index is 2.26. The van der Waals surface area contributed by atoms with Crippen LogP contribution in [0, 0.1) is 18.8 Å². The lowest BCUT2D eigenvalue weighted by Gasteiger charge is -2.15. The Morgan fingerprint density at radius 3 is 2.39 bits per heavy atom. The average molecular weight is 243 g/mol. The van der Waals surface area contributed by atoms with E-state index in [0.717, 1.165) is 13.0 Å². The summed E-state index contributed by atoms with van der Waals surface area (Å²) >= 11 is 0.